The molecule has 1 saturated heterocycles. The number of benzene rings is 1. The maximum Gasteiger partial charge on any atom is 0.492 e. The van der Waals surface area contributed by atoms with Gasteiger partial charge in [0.15, 0.2) is 0 Å². The van der Waals surface area contributed by atoms with E-state index in [1.54, 1.807) is 31.4 Å². The normalized spacial score (nSPS) is 14.9. The Kier molecular flexibility index (Phi) is 8.94. The number of nitrogens with one attached hydrogen (secondary N) is 1. The number of carbonyl (C=O) groups is 2. The van der Waals surface area contributed by atoms with E-state index in [0.29, 0.717) is 31.7 Å². The molecule has 1 aromatic carbocycles. The van der Waals surface area contributed by atoms with Crippen LogP contribution in [-0.2, 0) is 23.2 Å². The van der Waals surface area contributed by atoms with Crippen LogP contribution in [0.25, 0.3) is 21.2 Å². The topological polar surface area (TPSA) is 102 Å². The summed E-state index contributed by atoms with van der Waals surface area (Å²) in [5.74, 6) is -2.08. The van der Waals surface area contributed by atoms with Crippen molar-refractivity contribution in [3.05, 3.63) is 45.2 Å². The van der Waals surface area contributed by atoms with Crippen LogP contribution in [0.4, 0.5) is 13.2 Å². The zero-order chi connectivity index (χ0) is 30.1. The van der Waals surface area contributed by atoms with Crippen LogP contribution in [-0.4, -0.2) is 80.0 Å². The Morgan fingerprint density at radius 1 is 1.10 bits per heavy atom. The number of carbonyl (C=O) groups excluding carboxylic acids is 2. The lowest BCUT2D eigenvalue weighted by molar-refractivity contribution is -0.235. The van der Waals surface area contributed by atoms with Crippen LogP contribution in [0.15, 0.2) is 29.2 Å². The third-order valence-electron chi connectivity index (χ3n) is 6.90. The molecule has 14 heteroatoms. The van der Waals surface area contributed by atoms with Crippen LogP contribution in [0, 0.1) is 0 Å². The molecule has 0 atom stereocenters. The van der Waals surface area contributed by atoms with Gasteiger partial charge in [-0.25, -0.2) is 4.79 Å². The molecule has 3 heterocycles. The molecule has 2 aromatic heterocycles. The third-order valence-corrected chi connectivity index (χ3v) is 8.06. The molecule has 1 aliphatic heterocycles. The molecule has 41 heavy (non-hydrogen) atoms. The molecular weight excluding hydrogens is 565 g/mol. The number of hydrogen-bond donors (Lipinski definition) is 1. The quantitative estimate of drug-likeness (QED) is 0.394. The Hall–Kier alpha value is -3.62. The van der Waals surface area contributed by atoms with Gasteiger partial charge in [-0.3, -0.25) is 9.59 Å². The number of methoxy groups -OCH3 is 2. The van der Waals surface area contributed by atoms with E-state index in [0.717, 1.165) is 31.0 Å². The molecule has 10 nitrogen and oxygen atoms in total. The Morgan fingerprint density at radius 3 is 2.27 bits per heavy atom. The number of piperidine rings is 1. The molecule has 1 amide bonds. The van der Waals surface area contributed by atoms with E-state index in [9.17, 15) is 27.6 Å². The van der Waals surface area contributed by atoms with Crippen molar-refractivity contribution in [3.8, 4) is 22.6 Å². The van der Waals surface area contributed by atoms with Crippen LogP contribution in [0.1, 0.15) is 28.1 Å². The summed E-state index contributed by atoms with van der Waals surface area (Å²) in [6.07, 6.45) is -1.82. The van der Waals surface area contributed by atoms with Crippen molar-refractivity contribution < 1.29 is 37.1 Å². The van der Waals surface area contributed by atoms with Gasteiger partial charge in [0.1, 0.15) is 11.5 Å². The summed E-state index contributed by atoms with van der Waals surface area (Å²) in [5.41, 5.74) is 1.29. The first-order valence-electron chi connectivity index (χ1n) is 12.7. The second kappa shape index (κ2) is 12.1. The van der Waals surface area contributed by atoms with E-state index in [4.69, 9.17) is 9.47 Å². The van der Waals surface area contributed by atoms with Crippen molar-refractivity contribution in [2.24, 2.45) is 7.05 Å². The molecule has 3 aromatic rings. The van der Waals surface area contributed by atoms with Crippen LogP contribution in [0.2, 0.25) is 0 Å². The Bertz CT molecular complexity index is 1490. The number of pyridine rings is 1. The van der Waals surface area contributed by atoms with E-state index in [1.165, 1.54) is 37.2 Å². The van der Waals surface area contributed by atoms with Gasteiger partial charge >= 0.3 is 12.1 Å². The number of hydrogen-bond acceptors (Lipinski definition) is 9. The van der Waals surface area contributed by atoms with Crippen molar-refractivity contribution in [2.75, 3.05) is 41.4 Å². The average molecular weight is 597 g/mol. The highest BCUT2D eigenvalue weighted by molar-refractivity contribution is 7.21. The average Bonchev–Trinajstić information content (AvgIpc) is 3.37. The highest BCUT2D eigenvalue weighted by Crippen LogP contribution is 2.40. The minimum absolute atomic E-state index is 0.0563. The molecule has 0 saturated carbocycles. The number of alkyl halides is 3. The Labute approximate surface area is 238 Å². The molecule has 0 unspecified atom stereocenters. The van der Waals surface area contributed by atoms with Gasteiger partial charge in [-0.1, -0.05) is 0 Å². The second-order valence-corrected chi connectivity index (χ2v) is 10.9. The SMILES string of the molecule is COc1cc(-c2cn(C)c(=O)c3cc(C(=O)NC4CCN(C)CC4)sc23)cc(OC)c1CN(C)OC(=O)C(F)(F)F. The molecule has 1 fully saturated rings. The minimum Gasteiger partial charge on any atom is -0.496 e. The fraction of sp³-hybridized carbons (Fsp3) is 0.444. The number of amides is 1. The number of rotatable bonds is 8. The minimum atomic E-state index is -5.15. The van der Waals surface area contributed by atoms with E-state index in [2.05, 4.69) is 15.1 Å². The fourth-order valence-electron chi connectivity index (χ4n) is 4.72. The summed E-state index contributed by atoms with van der Waals surface area (Å²) in [5, 5.41) is 4.19. The lowest BCUT2D eigenvalue weighted by atomic mass is 10.0. The van der Waals surface area contributed by atoms with Crippen molar-refractivity contribution in [3.63, 3.8) is 0 Å². The number of fused-ring (bicyclic) bond motifs is 1. The molecule has 0 radical (unpaired) electrons. The number of aryl methyl sites for hydroxylation is 1. The maximum atomic E-state index is 13.1. The lowest BCUT2D eigenvalue weighted by Gasteiger charge is -2.29. The molecule has 1 aliphatic rings. The maximum absolute atomic E-state index is 13.1. The first kappa shape index (κ1) is 30.3. The second-order valence-electron chi connectivity index (χ2n) is 9.89. The van der Waals surface area contributed by atoms with Crippen molar-refractivity contribution >= 4 is 33.3 Å². The van der Waals surface area contributed by atoms with Crippen LogP contribution >= 0.6 is 11.3 Å². The first-order valence-corrected chi connectivity index (χ1v) is 13.5. The smallest absolute Gasteiger partial charge is 0.492 e. The van der Waals surface area contributed by atoms with E-state index in [1.807, 2.05) is 7.05 Å². The summed E-state index contributed by atoms with van der Waals surface area (Å²) in [4.78, 5) is 44.4. The number of aromatic nitrogens is 1. The monoisotopic (exact) mass is 596 g/mol. The zero-order valence-electron chi connectivity index (χ0n) is 23.3. The van der Waals surface area contributed by atoms with Gasteiger partial charge in [-0.15, -0.1) is 16.4 Å². The Balaban J connectivity index is 1.70. The molecule has 0 bridgehead atoms. The van der Waals surface area contributed by atoms with Crippen molar-refractivity contribution in [1.82, 2.24) is 19.8 Å². The predicted molar refractivity (Wildman–Crippen MR) is 147 cm³/mol. The van der Waals surface area contributed by atoms with Gasteiger partial charge < -0.3 is 29.1 Å². The van der Waals surface area contributed by atoms with Gasteiger partial charge in [0.25, 0.3) is 11.5 Å². The molecular formula is C27H31F3N4O6S. The number of nitrogens with zero attached hydrogens (tertiary/aromatic N) is 3. The number of likely N-dealkylation sites (tertiary alicyclic amines) is 1. The van der Waals surface area contributed by atoms with Gasteiger partial charge in [0.05, 0.1) is 36.6 Å². The summed E-state index contributed by atoms with van der Waals surface area (Å²) >= 11 is 1.20. The summed E-state index contributed by atoms with van der Waals surface area (Å²) in [6, 6.07) is 4.95. The standard InChI is InChI=1S/C27H31F3N4O6S/c1-32-8-6-16(7-9-32)31-24(35)22-12-17-23(41-22)18(13-33(2)25(17)36)15-10-20(38-4)19(21(11-15)39-5)14-34(3)40-26(37)27(28,29)30/h10-13,16H,6-9,14H2,1-5H3,(H,31,35). The van der Waals surface area contributed by atoms with Crippen LogP contribution in [0.3, 0.4) is 0 Å². The summed E-state index contributed by atoms with van der Waals surface area (Å²) in [6.45, 7) is 1.52. The highest BCUT2D eigenvalue weighted by atomic mass is 32.1. The number of hydroxylamine groups is 2. The Morgan fingerprint density at radius 2 is 1.71 bits per heavy atom. The lowest BCUT2D eigenvalue weighted by Crippen LogP contribution is -2.43. The zero-order valence-corrected chi connectivity index (χ0v) is 24.1. The van der Waals surface area contributed by atoms with Gasteiger partial charge in [-0.05, 0) is 56.7 Å². The molecule has 4 rings (SSSR count). The summed E-state index contributed by atoms with van der Waals surface area (Å²) in [7, 11) is 7.59. The molecule has 0 spiro atoms. The highest BCUT2D eigenvalue weighted by Gasteiger charge is 2.42. The van der Waals surface area contributed by atoms with Gasteiger partial charge in [0, 0.05) is 36.6 Å². The third kappa shape index (κ3) is 6.66. The number of halogens is 3. The van der Waals surface area contributed by atoms with Crippen LogP contribution in [0.5, 0.6) is 11.5 Å². The predicted octanol–water partition coefficient (Wildman–Crippen LogP) is 3.56. The van der Waals surface area contributed by atoms with Crippen molar-refractivity contribution in [2.45, 2.75) is 31.6 Å². The number of ether oxygens (including phenoxy) is 2. The first-order chi connectivity index (χ1) is 19.3. The molecule has 1 N–H and O–H groups in total. The van der Waals surface area contributed by atoms with Gasteiger partial charge in [0.2, 0.25) is 0 Å². The molecule has 0 aliphatic carbocycles. The van der Waals surface area contributed by atoms with Crippen molar-refractivity contribution in [1.29, 1.82) is 0 Å². The summed E-state index contributed by atoms with van der Waals surface area (Å²) < 4.78 is 51.0. The van der Waals surface area contributed by atoms with Crippen LogP contribution < -0.4 is 20.3 Å². The largest absolute Gasteiger partial charge is 0.496 e. The van der Waals surface area contributed by atoms with Gasteiger partial charge in [-0.2, -0.15) is 13.2 Å². The van der Waals surface area contributed by atoms with E-state index < -0.39 is 12.1 Å². The molecule has 222 valence electrons. The van der Waals surface area contributed by atoms with E-state index >= 15 is 0 Å². The number of thiophene rings is 1. The van der Waals surface area contributed by atoms with E-state index in [-0.39, 0.29) is 35.6 Å². The fourth-order valence-corrected chi connectivity index (χ4v) is 5.81.